The van der Waals surface area contributed by atoms with Gasteiger partial charge in [-0.3, -0.25) is 4.68 Å². The minimum atomic E-state index is 1.03. The first-order valence-electron chi connectivity index (χ1n) is 4.94. The highest BCUT2D eigenvalue weighted by molar-refractivity contribution is 9.10. The molecule has 0 unspecified atom stereocenters. The number of aryl methyl sites for hydroxylation is 2. The quantitative estimate of drug-likeness (QED) is 0.768. The second kappa shape index (κ2) is 5.81. The maximum Gasteiger partial charge on any atom is 0.0738 e. The third-order valence-electron chi connectivity index (χ3n) is 2.16. The first kappa shape index (κ1) is 12.1. The fourth-order valence-corrected chi connectivity index (χ4v) is 2.26. The molecule has 0 fully saturated rings. The molecular weight excluding hydrogens is 260 g/mol. The summed E-state index contributed by atoms with van der Waals surface area (Å²) in [6.07, 6.45) is 1.20. The normalized spacial score (nSPS) is 10.9. The Balaban J connectivity index is 2.47. The van der Waals surface area contributed by atoms with E-state index in [-0.39, 0.29) is 0 Å². The number of aromatic nitrogens is 2. The molecule has 0 saturated heterocycles. The molecule has 1 rings (SSSR count). The van der Waals surface area contributed by atoms with E-state index in [1.807, 2.05) is 18.7 Å². The van der Waals surface area contributed by atoms with Gasteiger partial charge < -0.3 is 0 Å². The molecule has 0 aromatic carbocycles. The Kier molecular flexibility index (Phi) is 5.02. The maximum atomic E-state index is 4.47. The molecule has 0 spiro atoms. The van der Waals surface area contributed by atoms with Gasteiger partial charge in [-0.1, -0.05) is 6.92 Å². The number of rotatable bonds is 5. The second-order valence-corrected chi connectivity index (χ2v) is 5.45. The summed E-state index contributed by atoms with van der Waals surface area (Å²) in [7, 11) is 0. The molecule has 14 heavy (non-hydrogen) atoms. The Morgan fingerprint density at radius 2 is 2.14 bits per heavy atom. The largest absolute Gasteiger partial charge is 0.268 e. The van der Waals surface area contributed by atoms with Gasteiger partial charge in [-0.2, -0.15) is 16.9 Å². The summed E-state index contributed by atoms with van der Waals surface area (Å²) in [5.74, 6) is 2.44. The zero-order valence-electron chi connectivity index (χ0n) is 9.01. The molecule has 0 aliphatic carbocycles. The van der Waals surface area contributed by atoms with Crippen molar-refractivity contribution in [2.75, 3.05) is 11.5 Å². The van der Waals surface area contributed by atoms with Crippen LogP contribution in [-0.4, -0.2) is 21.3 Å². The van der Waals surface area contributed by atoms with E-state index in [2.05, 4.69) is 39.6 Å². The summed E-state index contributed by atoms with van der Waals surface area (Å²) in [5.41, 5.74) is 2.33. The van der Waals surface area contributed by atoms with E-state index in [1.165, 1.54) is 23.6 Å². The minimum Gasteiger partial charge on any atom is -0.268 e. The van der Waals surface area contributed by atoms with E-state index in [9.17, 15) is 0 Å². The highest BCUT2D eigenvalue weighted by Gasteiger charge is 2.07. The van der Waals surface area contributed by atoms with Crippen LogP contribution < -0.4 is 0 Å². The van der Waals surface area contributed by atoms with Crippen LogP contribution in [0.4, 0.5) is 0 Å². The van der Waals surface area contributed by atoms with Crippen LogP contribution in [-0.2, 0) is 6.54 Å². The Labute approximate surface area is 98.6 Å². The number of thioether (sulfide) groups is 1. The van der Waals surface area contributed by atoms with Crippen LogP contribution >= 0.6 is 27.7 Å². The highest BCUT2D eigenvalue weighted by atomic mass is 79.9. The molecule has 0 amide bonds. The van der Waals surface area contributed by atoms with E-state index in [1.54, 1.807) is 0 Å². The topological polar surface area (TPSA) is 17.8 Å². The monoisotopic (exact) mass is 276 g/mol. The van der Waals surface area contributed by atoms with Crippen LogP contribution in [0.3, 0.4) is 0 Å². The van der Waals surface area contributed by atoms with Crippen molar-refractivity contribution in [3.8, 4) is 0 Å². The van der Waals surface area contributed by atoms with Crippen molar-refractivity contribution in [3.63, 3.8) is 0 Å². The van der Waals surface area contributed by atoms with Gasteiger partial charge in [0.1, 0.15) is 0 Å². The van der Waals surface area contributed by atoms with Crippen LogP contribution in [0.1, 0.15) is 24.7 Å². The standard InChI is InChI=1S/C10H17BrN2S/c1-4-14-7-5-6-13-9(3)10(11)8(2)12-13/h4-7H2,1-3H3. The molecule has 0 bridgehead atoms. The summed E-state index contributed by atoms with van der Waals surface area (Å²) in [6, 6.07) is 0. The van der Waals surface area contributed by atoms with Gasteiger partial charge in [-0.05, 0) is 47.7 Å². The third-order valence-corrected chi connectivity index (χ3v) is 4.29. The van der Waals surface area contributed by atoms with Crippen molar-refractivity contribution in [1.82, 2.24) is 9.78 Å². The molecule has 0 aliphatic rings. The van der Waals surface area contributed by atoms with Crippen LogP contribution in [0.15, 0.2) is 4.47 Å². The Bertz CT molecular complexity index is 297. The SMILES string of the molecule is CCSCCCn1nc(C)c(Br)c1C. The number of nitrogens with zero attached hydrogens (tertiary/aromatic N) is 2. The first-order valence-corrected chi connectivity index (χ1v) is 6.88. The molecule has 0 saturated carbocycles. The maximum absolute atomic E-state index is 4.47. The van der Waals surface area contributed by atoms with E-state index >= 15 is 0 Å². The summed E-state index contributed by atoms with van der Waals surface area (Å²) >= 11 is 5.53. The molecule has 1 aromatic rings. The third kappa shape index (κ3) is 3.02. The molecule has 0 aliphatic heterocycles. The van der Waals surface area contributed by atoms with Crippen molar-refractivity contribution in [1.29, 1.82) is 0 Å². The lowest BCUT2D eigenvalue weighted by Gasteiger charge is -2.03. The van der Waals surface area contributed by atoms with Crippen LogP contribution in [0.2, 0.25) is 0 Å². The first-order chi connectivity index (χ1) is 6.66. The van der Waals surface area contributed by atoms with Crippen LogP contribution in [0, 0.1) is 13.8 Å². The van der Waals surface area contributed by atoms with Crippen molar-refractivity contribution < 1.29 is 0 Å². The molecule has 0 N–H and O–H groups in total. The fraction of sp³-hybridized carbons (Fsp3) is 0.700. The van der Waals surface area contributed by atoms with Crippen molar-refractivity contribution >= 4 is 27.7 Å². The van der Waals surface area contributed by atoms with Gasteiger partial charge in [0.05, 0.1) is 10.2 Å². The Morgan fingerprint density at radius 1 is 1.43 bits per heavy atom. The molecule has 0 radical (unpaired) electrons. The van der Waals surface area contributed by atoms with E-state index in [0.29, 0.717) is 0 Å². The van der Waals surface area contributed by atoms with Crippen molar-refractivity contribution in [3.05, 3.63) is 15.9 Å². The number of halogens is 1. The summed E-state index contributed by atoms with van der Waals surface area (Å²) in [5, 5.41) is 4.47. The highest BCUT2D eigenvalue weighted by Crippen LogP contribution is 2.20. The lowest BCUT2D eigenvalue weighted by molar-refractivity contribution is 0.586. The van der Waals surface area contributed by atoms with Gasteiger partial charge in [0, 0.05) is 12.2 Å². The molecule has 4 heteroatoms. The molecular formula is C10H17BrN2S. The molecule has 1 aromatic heterocycles. The summed E-state index contributed by atoms with van der Waals surface area (Å²) in [6.45, 7) is 7.38. The predicted octanol–water partition coefficient (Wildman–Crippen LogP) is 3.41. The van der Waals surface area contributed by atoms with E-state index in [4.69, 9.17) is 0 Å². The van der Waals surface area contributed by atoms with E-state index in [0.717, 1.165) is 16.7 Å². The lowest BCUT2D eigenvalue weighted by Crippen LogP contribution is -2.03. The number of hydrogen-bond acceptors (Lipinski definition) is 2. The van der Waals surface area contributed by atoms with Crippen LogP contribution in [0.25, 0.3) is 0 Å². The van der Waals surface area contributed by atoms with Gasteiger partial charge in [-0.25, -0.2) is 0 Å². The molecule has 0 atom stereocenters. The van der Waals surface area contributed by atoms with Crippen LogP contribution in [0.5, 0.6) is 0 Å². The fourth-order valence-electron chi connectivity index (χ4n) is 1.35. The Morgan fingerprint density at radius 3 is 2.64 bits per heavy atom. The zero-order chi connectivity index (χ0) is 10.6. The van der Waals surface area contributed by atoms with Gasteiger partial charge in [0.25, 0.3) is 0 Å². The lowest BCUT2D eigenvalue weighted by atomic mass is 10.4. The second-order valence-electron chi connectivity index (χ2n) is 3.26. The smallest absolute Gasteiger partial charge is 0.0738 e. The van der Waals surface area contributed by atoms with Gasteiger partial charge in [0.2, 0.25) is 0 Å². The van der Waals surface area contributed by atoms with Gasteiger partial charge in [-0.15, -0.1) is 0 Å². The molecule has 80 valence electrons. The van der Waals surface area contributed by atoms with E-state index < -0.39 is 0 Å². The van der Waals surface area contributed by atoms with Crippen molar-refractivity contribution in [2.24, 2.45) is 0 Å². The summed E-state index contributed by atoms with van der Waals surface area (Å²) < 4.78 is 3.25. The van der Waals surface area contributed by atoms with Gasteiger partial charge >= 0.3 is 0 Å². The predicted molar refractivity (Wildman–Crippen MR) is 67.0 cm³/mol. The average molecular weight is 277 g/mol. The molecule has 2 nitrogen and oxygen atoms in total. The Hall–Kier alpha value is 0.0400. The average Bonchev–Trinajstić information content (AvgIpc) is 2.41. The zero-order valence-corrected chi connectivity index (χ0v) is 11.4. The van der Waals surface area contributed by atoms with Gasteiger partial charge in [0.15, 0.2) is 0 Å². The number of hydrogen-bond donors (Lipinski definition) is 0. The van der Waals surface area contributed by atoms with Crippen molar-refractivity contribution in [2.45, 2.75) is 33.7 Å². The summed E-state index contributed by atoms with van der Waals surface area (Å²) in [4.78, 5) is 0. The minimum absolute atomic E-state index is 1.03. The molecule has 1 heterocycles.